The van der Waals surface area contributed by atoms with E-state index >= 15 is 0 Å². The molecule has 1 N–H and O–H groups in total. The van der Waals surface area contributed by atoms with Crippen LogP contribution in [0.1, 0.15) is 16.1 Å². The van der Waals surface area contributed by atoms with Gasteiger partial charge in [-0.15, -0.1) is 10.2 Å². The molecule has 20 heavy (non-hydrogen) atoms. The number of hydrogen-bond donors (Lipinski definition) is 1. The number of benzene rings is 1. The second kappa shape index (κ2) is 7.16. The van der Waals surface area contributed by atoms with Gasteiger partial charge in [-0.25, -0.2) is 5.43 Å². The first kappa shape index (κ1) is 14.7. The van der Waals surface area contributed by atoms with Crippen LogP contribution < -0.4 is 5.43 Å². The van der Waals surface area contributed by atoms with Crippen molar-refractivity contribution in [2.24, 2.45) is 5.10 Å². The van der Waals surface area contributed by atoms with Gasteiger partial charge in [0.25, 0.3) is 5.91 Å². The highest BCUT2D eigenvalue weighted by molar-refractivity contribution is 8.01. The molecule has 1 amide bonds. The standard InChI is InChI=1S/C13H14N4OS2/c1-9-3-5-11(6-4-9)7-14-16-12(18)8-19-13-17-15-10(2)20-13/h3-7H,8H2,1-2H3,(H,16,18)/b14-7+. The Labute approximate surface area is 125 Å². The Kier molecular flexibility index (Phi) is 5.25. The van der Waals surface area contributed by atoms with Crippen LogP contribution in [0.5, 0.6) is 0 Å². The first-order chi connectivity index (χ1) is 9.63. The average molecular weight is 306 g/mol. The molecule has 1 aromatic heterocycles. The predicted octanol–water partition coefficient (Wildman–Crippen LogP) is 2.40. The monoisotopic (exact) mass is 306 g/mol. The lowest BCUT2D eigenvalue weighted by Crippen LogP contribution is -2.19. The number of amides is 1. The number of nitrogens with one attached hydrogen (secondary N) is 1. The summed E-state index contributed by atoms with van der Waals surface area (Å²) in [5, 5.41) is 12.6. The van der Waals surface area contributed by atoms with Crippen molar-refractivity contribution in [2.75, 3.05) is 5.75 Å². The number of carbonyl (C=O) groups excluding carboxylic acids is 1. The molecular weight excluding hydrogens is 292 g/mol. The summed E-state index contributed by atoms with van der Waals surface area (Å²) in [5.41, 5.74) is 4.63. The molecule has 0 aliphatic rings. The molecule has 104 valence electrons. The summed E-state index contributed by atoms with van der Waals surface area (Å²) >= 11 is 2.83. The molecule has 0 aliphatic heterocycles. The fraction of sp³-hybridized carbons (Fsp3) is 0.231. The number of hydrogen-bond acceptors (Lipinski definition) is 6. The fourth-order valence-electron chi connectivity index (χ4n) is 1.33. The Hall–Kier alpha value is -1.73. The van der Waals surface area contributed by atoms with Crippen molar-refractivity contribution in [3.05, 3.63) is 40.4 Å². The predicted molar refractivity (Wildman–Crippen MR) is 82.3 cm³/mol. The molecular formula is C13H14N4OS2. The van der Waals surface area contributed by atoms with Gasteiger partial charge in [0.2, 0.25) is 0 Å². The third kappa shape index (κ3) is 4.75. The van der Waals surface area contributed by atoms with Gasteiger partial charge in [0, 0.05) is 0 Å². The lowest BCUT2D eigenvalue weighted by Gasteiger charge is -1.97. The lowest BCUT2D eigenvalue weighted by molar-refractivity contribution is -0.118. The second-order valence-electron chi connectivity index (χ2n) is 4.08. The topological polar surface area (TPSA) is 67.2 Å². The maximum Gasteiger partial charge on any atom is 0.250 e. The van der Waals surface area contributed by atoms with Crippen molar-refractivity contribution in [1.29, 1.82) is 0 Å². The lowest BCUT2D eigenvalue weighted by atomic mass is 10.2. The van der Waals surface area contributed by atoms with Crippen LogP contribution in [-0.2, 0) is 4.79 Å². The van der Waals surface area contributed by atoms with Crippen LogP contribution in [0.4, 0.5) is 0 Å². The maximum atomic E-state index is 11.6. The molecule has 5 nitrogen and oxygen atoms in total. The van der Waals surface area contributed by atoms with Gasteiger partial charge in [-0.2, -0.15) is 5.10 Å². The molecule has 0 bridgehead atoms. The third-order valence-electron chi connectivity index (χ3n) is 2.31. The number of nitrogens with zero attached hydrogens (tertiary/aromatic N) is 3. The van der Waals surface area contributed by atoms with Crippen molar-refractivity contribution in [3.63, 3.8) is 0 Å². The first-order valence-corrected chi connectivity index (χ1v) is 7.75. The van der Waals surface area contributed by atoms with E-state index in [0.29, 0.717) is 0 Å². The first-order valence-electron chi connectivity index (χ1n) is 5.95. The van der Waals surface area contributed by atoms with Crippen LogP contribution in [0.15, 0.2) is 33.7 Å². The van der Waals surface area contributed by atoms with E-state index in [1.165, 1.54) is 28.7 Å². The van der Waals surface area contributed by atoms with E-state index in [1.807, 2.05) is 38.1 Å². The number of rotatable bonds is 5. The highest BCUT2D eigenvalue weighted by atomic mass is 32.2. The summed E-state index contributed by atoms with van der Waals surface area (Å²) in [5.74, 6) is 0.117. The summed E-state index contributed by atoms with van der Waals surface area (Å²) in [4.78, 5) is 11.6. The van der Waals surface area contributed by atoms with Gasteiger partial charge in [0.05, 0.1) is 12.0 Å². The van der Waals surface area contributed by atoms with Gasteiger partial charge in [-0.1, -0.05) is 52.9 Å². The van der Waals surface area contributed by atoms with Crippen molar-refractivity contribution in [1.82, 2.24) is 15.6 Å². The molecule has 2 aromatic rings. The van der Waals surface area contributed by atoms with Crippen LogP contribution in [0.25, 0.3) is 0 Å². The Bertz CT molecular complexity index is 607. The second-order valence-corrected chi connectivity index (χ2v) is 6.48. The average Bonchev–Trinajstić information content (AvgIpc) is 2.85. The van der Waals surface area contributed by atoms with E-state index in [9.17, 15) is 4.79 Å². The van der Waals surface area contributed by atoms with Crippen molar-refractivity contribution in [2.45, 2.75) is 18.2 Å². The van der Waals surface area contributed by atoms with Crippen LogP contribution in [0, 0.1) is 13.8 Å². The van der Waals surface area contributed by atoms with E-state index in [2.05, 4.69) is 20.7 Å². The number of aromatic nitrogens is 2. The van der Waals surface area contributed by atoms with Gasteiger partial charge in [0.15, 0.2) is 4.34 Å². The van der Waals surface area contributed by atoms with E-state index in [-0.39, 0.29) is 11.7 Å². The number of hydrazone groups is 1. The minimum absolute atomic E-state index is 0.161. The normalized spacial score (nSPS) is 10.9. The quantitative estimate of drug-likeness (QED) is 0.523. The number of thioether (sulfide) groups is 1. The van der Waals surface area contributed by atoms with Crippen LogP contribution in [0.2, 0.25) is 0 Å². The zero-order valence-corrected chi connectivity index (χ0v) is 12.8. The maximum absolute atomic E-state index is 11.6. The van der Waals surface area contributed by atoms with Gasteiger partial charge < -0.3 is 0 Å². The van der Waals surface area contributed by atoms with Gasteiger partial charge in [-0.3, -0.25) is 4.79 Å². The number of aryl methyl sites for hydroxylation is 2. The molecule has 0 aliphatic carbocycles. The van der Waals surface area contributed by atoms with E-state index in [0.717, 1.165) is 14.9 Å². The summed E-state index contributed by atoms with van der Waals surface area (Å²) in [6.07, 6.45) is 1.62. The summed E-state index contributed by atoms with van der Waals surface area (Å²) in [6, 6.07) is 7.89. The van der Waals surface area contributed by atoms with Crippen molar-refractivity contribution < 1.29 is 4.79 Å². The van der Waals surface area contributed by atoms with Crippen molar-refractivity contribution in [3.8, 4) is 0 Å². The minimum atomic E-state index is -0.161. The zero-order valence-electron chi connectivity index (χ0n) is 11.2. The molecule has 0 spiro atoms. The Balaban J connectivity index is 1.76. The molecule has 0 unspecified atom stereocenters. The highest BCUT2D eigenvalue weighted by Crippen LogP contribution is 2.21. The van der Waals surface area contributed by atoms with Gasteiger partial charge in [0.1, 0.15) is 5.01 Å². The third-order valence-corrected chi connectivity index (χ3v) is 4.29. The van der Waals surface area contributed by atoms with Gasteiger partial charge in [-0.05, 0) is 19.4 Å². The highest BCUT2D eigenvalue weighted by Gasteiger charge is 2.05. The smallest absolute Gasteiger partial charge is 0.250 e. The van der Waals surface area contributed by atoms with Crippen LogP contribution >= 0.6 is 23.1 Å². The molecule has 1 heterocycles. The molecule has 1 aromatic carbocycles. The summed E-state index contributed by atoms with van der Waals surface area (Å²) in [6.45, 7) is 3.91. The van der Waals surface area contributed by atoms with Crippen molar-refractivity contribution >= 4 is 35.2 Å². The van der Waals surface area contributed by atoms with E-state index in [1.54, 1.807) is 6.21 Å². The Morgan fingerprint density at radius 3 is 2.75 bits per heavy atom. The van der Waals surface area contributed by atoms with Gasteiger partial charge >= 0.3 is 0 Å². The SMILES string of the molecule is Cc1ccc(/C=N/NC(=O)CSc2nnc(C)s2)cc1. The zero-order chi connectivity index (χ0) is 14.4. The summed E-state index contributed by atoms with van der Waals surface area (Å²) < 4.78 is 0.792. The van der Waals surface area contributed by atoms with Crippen LogP contribution in [0.3, 0.4) is 0 Å². The van der Waals surface area contributed by atoms with E-state index < -0.39 is 0 Å². The molecule has 0 radical (unpaired) electrons. The molecule has 0 atom stereocenters. The molecule has 0 fully saturated rings. The van der Waals surface area contributed by atoms with Crippen LogP contribution in [-0.4, -0.2) is 28.1 Å². The number of carbonyl (C=O) groups is 1. The molecule has 0 saturated carbocycles. The Morgan fingerprint density at radius 2 is 2.10 bits per heavy atom. The molecule has 0 saturated heterocycles. The fourth-order valence-corrected chi connectivity index (χ4v) is 2.94. The Morgan fingerprint density at radius 1 is 1.35 bits per heavy atom. The summed E-state index contributed by atoms with van der Waals surface area (Å²) in [7, 11) is 0. The largest absolute Gasteiger partial charge is 0.272 e. The van der Waals surface area contributed by atoms with E-state index in [4.69, 9.17) is 0 Å². The minimum Gasteiger partial charge on any atom is -0.272 e. The molecule has 2 rings (SSSR count). The molecule has 7 heteroatoms.